The number of halogens is 3. The second-order valence-corrected chi connectivity index (χ2v) is 5.00. The van der Waals surface area contributed by atoms with Crippen molar-refractivity contribution >= 4 is 12.4 Å². The van der Waals surface area contributed by atoms with Gasteiger partial charge in [-0.05, 0) is 26.1 Å². The Hall–Kier alpha value is -2.13. The van der Waals surface area contributed by atoms with Crippen LogP contribution in [0.5, 0.6) is 17.2 Å². The fraction of sp³-hybridized carbons (Fsp3) is 0.467. The Morgan fingerprint density at radius 2 is 1.80 bits per heavy atom. The minimum absolute atomic E-state index is 0. The molecule has 1 unspecified atom stereocenters. The summed E-state index contributed by atoms with van der Waals surface area (Å²) in [4.78, 5) is 4.29. The van der Waals surface area contributed by atoms with Crippen LogP contribution in [0.3, 0.4) is 0 Å². The average Bonchev–Trinajstić information content (AvgIpc) is 3.02. The number of benzene rings is 1. The minimum atomic E-state index is -3.00. The van der Waals surface area contributed by atoms with Crippen molar-refractivity contribution in [2.75, 3.05) is 21.3 Å². The number of nitrogens with zero attached hydrogens (tertiary/aromatic N) is 2. The van der Waals surface area contributed by atoms with E-state index in [1.807, 2.05) is 14.0 Å². The highest BCUT2D eigenvalue weighted by atomic mass is 35.5. The molecule has 25 heavy (non-hydrogen) atoms. The van der Waals surface area contributed by atoms with Crippen LogP contribution in [0.4, 0.5) is 8.78 Å². The van der Waals surface area contributed by atoms with E-state index >= 15 is 0 Å². The smallest absolute Gasteiger partial charge is 0.387 e. The van der Waals surface area contributed by atoms with Crippen molar-refractivity contribution in [2.24, 2.45) is 0 Å². The molecule has 0 aliphatic heterocycles. The number of aromatic nitrogens is 2. The topological polar surface area (TPSA) is 78.6 Å². The molecule has 0 aliphatic carbocycles. The maximum absolute atomic E-state index is 12.6. The quantitative estimate of drug-likeness (QED) is 0.755. The first-order chi connectivity index (χ1) is 11.5. The maximum atomic E-state index is 12.6. The van der Waals surface area contributed by atoms with Gasteiger partial charge < -0.3 is 24.1 Å². The van der Waals surface area contributed by atoms with E-state index in [0.717, 1.165) is 0 Å². The van der Waals surface area contributed by atoms with E-state index in [2.05, 4.69) is 20.2 Å². The molecular formula is C15H20ClF2N3O4. The summed E-state index contributed by atoms with van der Waals surface area (Å²) >= 11 is 0. The van der Waals surface area contributed by atoms with Crippen LogP contribution in [-0.4, -0.2) is 44.1 Å². The Bertz CT molecular complexity index is 660. The SMILES string of the molecule is CNC(C)Cc1noc(-c2cc(OC)c(OC(F)F)c(OC)c2)n1.Cl. The molecule has 0 saturated carbocycles. The van der Waals surface area contributed by atoms with E-state index in [1.165, 1.54) is 26.4 Å². The molecule has 1 atom stereocenters. The van der Waals surface area contributed by atoms with Crippen LogP contribution in [0, 0.1) is 0 Å². The summed E-state index contributed by atoms with van der Waals surface area (Å²) < 4.78 is 45.0. The zero-order valence-corrected chi connectivity index (χ0v) is 15.0. The van der Waals surface area contributed by atoms with Crippen molar-refractivity contribution in [2.45, 2.75) is 26.0 Å². The summed E-state index contributed by atoms with van der Waals surface area (Å²) in [6.45, 7) is -1.02. The summed E-state index contributed by atoms with van der Waals surface area (Å²) in [5, 5.41) is 6.98. The van der Waals surface area contributed by atoms with Crippen molar-refractivity contribution in [1.82, 2.24) is 15.5 Å². The molecule has 2 aromatic rings. The van der Waals surface area contributed by atoms with E-state index in [1.54, 1.807) is 0 Å². The van der Waals surface area contributed by atoms with Crippen LogP contribution < -0.4 is 19.5 Å². The lowest BCUT2D eigenvalue weighted by atomic mass is 10.1. The van der Waals surface area contributed by atoms with Gasteiger partial charge in [0.05, 0.1) is 14.2 Å². The van der Waals surface area contributed by atoms with Gasteiger partial charge in [0.1, 0.15) is 0 Å². The number of alkyl halides is 2. The number of hydrogen-bond donors (Lipinski definition) is 1. The number of likely N-dealkylation sites (N-methyl/N-ethyl adjacent to an activating group) is 1. The lowest BCUT2D eigenvalue weighted by Crippen LogP contribution is -2.24. The van der Waals surface area contributed by atoms with Crippen molar-refractivity contribution in [3.05, 3.63) is 18.0 Å². The van der Waals surface area contributed by atoms with Crippen LogP contribution in [0.2, 0.25) is 0 Å². The van der Waals surface area contributed by atoms with Crippen LogP contribution >= 0.6 is 12.4 Å². The second-order valence-electron chi connectivity index (χ2n) is 5.00. The third-order valence-corrected chi connectivity index (χ3v) is 3.36. The van der Waals surface area contributed by atoms with E-state index in [4.69, 9.17) is 14.0 Å². The van der Waals surface area contributed by atoms with Gasteiger partial charge in [-0.1, -0.05) is 5.16 Å². The molecule has 0 fully saturated rings. The molecule has 10 heteroatoms. The molecule has 1 N–H and O–H groups in total. The van der Waals surface area contributed by atoms with Gasteiger partial charge in [0.25, 0.3) is 5.89 Å². The lowest BCUT2D eigenvalue weighted by Gasteiger charge is -2.14. The normalized spacial score (nSPS) is 11.8. The highest BCUT2D eigenvalue weighted by Crippen LogP contribution is 2.41. The molecule has 1 aromatic heterocycles. The summed E-state index contributed by atoms with van der Waals surface area (Å²) in [7, 11) is 4.51. The molecule has 2 rings (SSSR count). The van der Waals surface area contributed by atoms with E-state index in [0.29, 0.717) is 17.8 Å². The van der Waals surface area contributed by atoms with Crippen molar-refractivity contribution in [3.63, 3.8) is 0 Å². The van der Waals surface area contributed by atoms with Gasteiger partial charge >= 0.3 is 6.61 Å². The number of ether oxygens (including phenoxy) is 3. The van der Waals surface area contributed by atoms with Gasteiger partial charge in [0.15, 0.2) is 17.3 Å². The van der Waals surface area contributed by atoms with Gasteiger partial charge in [-0.3, -0.25) is 0 Å². The Morgan fingerprint density at radius 1 is 1.20 bits per heavy atom. The summed E-state index contributed by atoms with van der Waals surface area (Å²) in [6, 6.07) is 3.12. The van der Waals surface area contributed by atoms with E-state index in [-0.39, 0.29) is 41.6 Å². The largest absolute Gasteiger partial charge is 0.493 e. The fourth-order valence-electron chi connectivity index (χ4n) is 2.04. The summed E-state index contributed by atoms with van der Waals surface area (Å²) in [6.07, 6.45) is 0.584. The first kappa shape index (κ1) is 20.9. The molecule has 0 spiro atoms. The Labute approximate surface area is 150 Å². The van der Waals surface area contributed by atoms with Crippen molar-refractivity contribution in [3.8, 4) is 28.7 Å². The monoisotopic (exact) mass is 379 g/mol. The first-order valence-electron chi connectivity index (χ1n) is 7.19. The predicted molar refractivity (Wildman–Crippen MR) is 88.9 cm³/mol. The van der Waals surface area contributed by atoms with Gasteiger partial charge in [-0.2, -0.15) is 13.8 Å². The zero-order chi connectivity index (χ0) is 17.7. The number of nitrogens with one attached hydrogen (secondary N) is 1. The van der Waals surface area contributed by atoms with Gasteiger partial charge in [0, 0.05) is 18.0 Å². The van der Waals surface area contributed by atoms with Crippen molar-refractivity contribution in [1.29, 1.82) is 0 Å². The molecule has 0 bridgehead atoms. The van der Waals surface area contributed by atoms with Crippen LogP contribution in [0.1, 0.15) is 12.7 Å². The highest BCUT2D eigenvalue weighted by molar-refractivity contribution is 5.85. The first-order valence-corrected chi connectivity index (χ1v) is 7.19. The van der Waals surface area contributed by atoms with E-state index < -0.39 is 6.61 Å². The lowest BCUT2D eigenvalue weighted by molar-refractivity contribution is -0.0526. The third kappa shape index (κ3) is 5.17. The molecule has 0 amide bonds. The summed E-state index contributed by atoms with van der Waals surface area (Å²) in [5.41, 5.74) is 0.473. The molecule has 0 radical (unpaired) electrons. The standard InChI is InChI=1S/C15H19F2N3O4.ClH/c1-8(18-2)5-12-19-14(24-20-12)9-6-10(21-3)13(23-15(16)17)11(7-9)22-4;/h6-8,15,18H,5H2,1-4H3;1H. The van der Waals surface area contributed by atoms with Crippen LogP contribution in [-0.2, 0) is 6.42 Å². The third-order valence-electron chi connectivity index (χ3n) is 3.36. The molecule has 7 nitrogen and oxygen atoms in total. The molecular weight excluding hydrogens is 360 g/mol. The van der Waals surface area contributed by atoms with Gasteiger partial charge in [-0.25, -0.2) is 0 Å². The maximum Gasteiger partial charge on any atom is 0.387 e. The number of rotatable bonds is 8. The Balaban J connectivity index is 0.00000312. The number of hydrogen-bond acceptors (Lipinski definition) is 7. The van der Waals surface area contributed by atoms with Crippen LogP contribution in [0.25, 0.3) is 11.5 Å². The average molecular weight is 380 g/mol. The predicted octanol–water partition coefficient (Wildman–Crippen LogP) is 2.93. The molecule has 140 valence electrons. The molecule has 0 aliphatic rings. The van der Waals surface area contributed by atoms with Crippen molar-refractivity contribution < 1.29 is 27.5 Å². The summed E-state index contributed by atoms with van der Waals surface area (Å²) in [5.74, 6) is 0.717. The molecule has 1 heterocycles. The highest BCUT2D eigenvalue weighted by Gasteiger charge is 2.21. The zero-order valence-electron chi connectivity index (χ0n) is 14.2. The molecule has 1 aromatic carbocycles. The second kappa shape index (κ2) is 9.38. The molecule has 0 saturated heterocycles. The Kier molecular flexibility index (Phi) is 7.85. The number of methoxy groups -OCH3 is 2. The Morgan fingerprint density at radius 3 is 2.28 bits per heavy atom. The van der Waals surface area contributed by atoms with Crippen LogP contribution in [0.15, 0.2) is 16.7 Å². The fourth-order valence-corrected chi connectivity index (χ4v) is 2.04. The van der Waals surface area contributed by atoms with E-state index in [9.17, 15) is 8.78 Å². The van der Waals surface area contributed by atoms with Gasteiger partial charge in [-0.15, -0.1) is 12.4 Å². The van der Waals surface area contributed by atoms with Gasteiger partial charge in [0.2, 0.25) is 5.75 Å². The minimum Gasteiger partial charge on any atom is -0.493 e.